The predicted octanol–water partition coefficient (Wildman–Crippen LogP) is 3.96. The number of hydrogen-bond donors (Lipinski definition) is 1. The Labute approximate surface area is 154 Å². The SMILES string of the molecule is COCCCNCc1cccc(OC)c1OCc1ccccc1F.Cl. The predicted molar refractivity (Wildman–Crippen MR) is 99.2 cm³/mol. The third kappa shape index (κ3) is 6.53. The molecule has 0 heterocycles. The first-order valence-corrected chi connectivity index (χ1v) is 7.98. The molecule has 6 heteroatoms. The van der Waals surface area contributed by atoms with Gasteiger partial charge in [-0.1, -0.05) is 30.3 Å². The Hall–Kier alpha value is -1.82. The van der Waals surface area contributed by atoms with Crippen molar-refractivity contribution in [2.24, 2.45) is 0 Å². The Morgan fingerprint density at radius 3 is 2.48 bits per heavy atom. The van der Waals surface area contributed by atoms with Crippen LogP contribution in [-0.4, -0.2) is 27.4 Å². The van der Waals surface area contributed by atoms with Gasteiger partial charge in [-0.25, -0.2) is 4.39 Å². The van der Waals surface area contributed by atoms with Crippen molar-refractivity contribution in [2.45, 2.75) is 19.6 Å². The number of rotatable bonds is 10. The first kappa shape index (κ1) is 21.2. The zero-order valence-corrected chi connectivity index (χ0v) is 15.4. The standard InChI is InChI=1S/C19H24FNO3.ClH/c1-22-12-6-11-21-13-15-8-5-10-18(23-2)19(15)24-14-16-7-3-4-9-17(16)20;/h3-5,7-10,21H,6,11-14H2,1-2H3;1H. The Bertz CT molecular complexity index is 640. The number of methoxy groups -OCH3 is 2. The lowest BCUT2D eigenvalue weighted by molar-refractivity contribution is 0.194. The quantitative estimate of drug-likeness (QED) is 0.643. The number of benzene rings is 2. The molecule has 0 aliphatic heterocycles. The monoisotopic (exact) mass is 369 g/mol. The van der Waals surface area contributed by atoms with Gasteiger partial charge in [0.1, 0.15) is 12.4 Å². The number of ether oxygens (including phenoxy) is 3. The van der Waals surface area contributed by atoms with Crippen molar-refractivity contribution >= 4 is 12.4 Å². The third-order valence-electron chi connectivity index (χ3n) is 3.63. The van der Waals surface area contributed by atoms with Crippen molar-refractivity contribution in [1.29, 1.82) is 0 Å². The molecule has 0 saturated carbocycles. The molecule has 0 fully saturated rings. The lowest BCUT2D eigenvalue weighted by atomic mass is 10.1. The maximum Gasteiger partial charge on any atom is 0.166 e. The highest BCUT2D eigenvalue weighted by Gasteiger charge is 2.11. The van der Waals surface area contributed by atoms with E-state index in [1.54, 1.807) is 32.4 Å². The first-order valence-electron chi connectivity index (χ1n) is 7.98. The minimum atomic E-state index is -0.272. The molecule has 25 heavy (non-hydrogen) atoms. The van der Waals surface area contributed by atoms with Gasteiger partial charge >= 0.3 is 0 Å². The second-order valence-corrected chi connectivity index (χ2v) is 5.35. The van der Waals surface area contributed by atoms with Crippen LogP contribution in [-0.2, 0) is 17.9 Å². The van der Waals surface area contributed by atoms with Crippen molar-refractivity contribution < 1.29 is 18.6 Å². The van der Waals surface area contributed by atoms with Crippen LogP contribution in [0.25, 0.3) is 0 Å². The van der Waals surface area contributed by atoms with E-state index in [2.05, 4.69) is 5.32 Å². The molecule has 1 N–H and O–H groups in total. The van der Waals surface area contributed by atoms with Gasteiger partial charge in [-0.05, 0) is 25.1 Å². The van der Waals surface area contributed by atoms with Crippen LogP contribution in [0.4, 0.5) is 4.39 Å². The third-order valence-corrected chi connectivity index (χ3v) is 3.63. The normalized spacial score (nSPS) is 10.2. The number of hydrogen-bond acceptors (Lipinski definition) is 4. The van der Waals surface area contributed by atoms with Crippen LogP contribution in [0.2, 0.25) is 0 Å². The molecule has 0 spiro atoms. The minimum Gasteiger partial charge on any atom is -0.493 e. The van der Waals surface area contributed by atoms with Crippen molar-refractivity contribution in [3.05, 3.63) is 59.4 Å². The van der Waals surface area contributed by atoms with Crippen molar-refractivity contribution in [3.8, 4) is 11.5 Å². The Kier molecular flexibility index (Phi) is 9.92. The molecular weight excluding hydrogens is 345 g/mol. The molecule has 0 saturated heterocycles. The molecule has 4 nitrogen and oxygen atoms in total. The molecule has 0 amide bonds. The minimum absolute atomic E-state index is 0. The fraction of sp³-hybridized carbons (Fsp3) is 0.368. The average Bonchev–Trinajstić information content (AvgIpc) is 2.61. The van der Waals surface area contributed by atoms with Gasteiger partial charge in [0.2, 0.25) is 0 Å². The van der Waals surface area contributed by atoms with Gasteiger partial charge in [-0.2, -0.15) is 0 Å². The second-order valence-electron chi connectivity index (χ2n) is 5.35. The molecule has 2 aromatic carbocycles. The van der Waals surface area contributed by atoms with Crippen LogP contribution in [0.15, 0.2) is 42.5 Å². The van der Waals surface area contributed by atoms with E-state index in [-0.39, 0.29) is 24.8 Å². The fourth-order valence-corrected chi connectivity index (χ4v) is 2.35. The molecule has 0 aliphatic rings. The molecule has 0 aliphatic carbocycles. The topological polar surface area (TPSA) is 39.7 Å². The molecule has 138 valence electrons. The van der Waals surface area contributed by atoms with Crippen LogP contribution in [0.3, 0.4) is 0 Å². The molecule has 0 unspecified atom stereocenters. The van der Waals surface area contributed by atoms with E-state index < -0.39 is 0 Å². The van der Waals surface area contributed by atoms with Gasteiger partial charge < -0.3 is 19.5 Å². The number of para-hydroxylation sites is 1. The summed E-state index contributed by atoms with van der Waals surface area (Å²) in [6, 6.07) is 12.3. The van der Waals surface area contributed by atoms with E-state index in [4.69, 9.17) is 14.2 Å². The highest BCUT2D eigenvalue weighted by molar-refractivity contribution is 5.85. The van der Waals surface area contributed by atoms with E-state index in [1.165, 1.54) is 6.07 Å². The summed E-state index contributed by atoms with van der Waals surface area (Å²) in [6.07, 6.45) is 0.936. The molecule has 0 radical (unpaired) electrons. The fourth-order valence-electron chi connectivity index (χ4n) is 2.35. The highest BCUT2D eigenvalue weighted by atomic mass is 35.5. The summed E-state index contributed by atoms with van der Waals surface area (Å²) in [5, 5.41) is 3.35. The van der Waals surface area contributed by atoms with Crippen molar-refractivity contribution in [2.75, 3.05) is 27.4 Å². The van der Waals surface area contributed by atoms with Gasteiger partial charge in [0, 0.05) is 31.4 Å². The van der Waals surface area contributed by atoms with E-state index in [9.17, 15) is 4.39 Å². The Morgan fingerprint density at radius 2 is 1.76 bits per heavy atom. The second kappa shape index (κ2) is 11.7. The van der Waals surface area contributed by atoms with Crippen LogP contribution >= 0.6 is 12.4 Å². The summed E-state index contributed by atoms with van der Waals surface area (Å²) in [4.78, 5) is 0. The zero-order valence-electron chi connectivity index (χ0n) is 14.6. The lowest BCUT2D eigenvalue weighted by Crippen LogP contribution is -2.17. The largest absolute Gasteiger partial charge is 0.493 e. The summed E-state index contributed by atoms with van der Waals surface area (Å²) < 4.78 is 30.1. The molecule has 2 aromatic rings. The molecule has 0 atom stereocenters. The van der Waals surface area contributed by atoms with Crippen LogP contribution in [0.5, 0.6) is 11.5 Å². The van der Waals surface area contributed by atoms with Crippen LogP contribution in [0, 0.1) is 5.82 Å². The van der Waals surface area contributed by atoms with E-state index in [1.807, 2.05) is 18.2 Å². The molecule has 0 aromatic heterocycles. The van der Waals surface area contributed by atoms with Crippen molar-refractivity contribution in [1.82, 2.24) is 5.32 Å². The lowest BCUT2D eigenvalue weighted by Gasteiger charge is -2.16. The zero-order chi connectivity index (χ0) is 17.2. The number of halogens is 2. The van der Waals surface area contributed by atoms with Crippen LogP contribution in [0.1, 0.15) is 17.5 Å². The molecule has 0 bridgehead atoms. The summed E-state index contributed by atoms with van der Waals surface area (Å²) in [5.41, 5.74) is 1.49. The summed E-state index contributed by atoms with van der Waals surface area (Å²) in [6.45, 7) is 2.37. The molecular formula is C19H25ClFNO3. The summed E-state index contributed by atoms with van der Waals surface area (Å²) in [7, 11) is 3.29. The summed E-state index contributed by atoms with van der Waals surface area (Å²) in [5.74, 6) is 1.01. The van der Waals surface area contributed by atoms with Gasteiger partial charge in [-0.15, -0.1) is 12.4 Å². The van der Waals surface area contributed by atoms with Gasteiger partial charge in [0.15, 0.2) is 11.5 Å². The van der Waals surface area contributed by atoms with Gasteiger partial charge in [0.25, 0.3) is 0 Å². The maximum atomic E-state index is 13.8. The Morgan fingerprint density at radius 1 is 1.00 bits per heavy atom. The van der Waals surface area contributed by atoms with E-state index >= 15 is 0 Å². The summed E-state index contributed by atoms with van der Waals surface area (Å²) >= 11 is 0. The van der Waals surface area contributed by atoms with E-state index in [0.29, 0.717) is 23.6 Å². The molecule has 2 rings (SSSR count). The average molecular weight is 370 g/mol. The number of nitrogens with one attached hydrogen (secondary N) is 1. The Balaban J connectivity index is 0.00000312. The van der Waals surface area contributed by atoms with Crippen molar-refractivity contribution in [3.63, 3.8) is 0 Å². The van der Waals surface area contributed by atoms with Gasteiger partial charge in [-0.3, -0.25) is 0 Å². The van der Waals surface area contributed by atoms with Gasteiger partial charge in [0.05, 0.1) is 7.11 Å². The van der Waals surface area contributed by atoms with Crippen LogP contribution < -0.4 is 14.8 Å². The smallest absolute Gasteiger partial charge is 0.166 e. The van der Waals surface area contributed by atoms with E-state index in [0.717, 1.165) is 25.1 Å². The highest BCUT2D eigenvalue weighted by Crippen LogP contribution is 2.32. The maximum absolute atomic E-state index is 13.8. The first-order chi connectivity index (χ1) is 11.8.